The summed E-state index contributed by atoms with van der Waals surface area (Å²) in [6, 6.07) is 0.651. The molecule has 1 aliphatic heterocycles. The Morgan fingerprint density at radius 2 is 2.29 bits per heavy atom. The van der Waals surface area contributed by atoms with E-state index in [2.05, 4.69) is 19.2 Å². The van der Waals surface area contributed by atoms with Crippen LogP contribution in [-0.4, -0.2) is 39.0 Å². The lowest BCUT2D eigenvalue weighted by Crippen LogP contribution is -2.26. The average Bonchev–Trinajstić information content (AvgIpc) is 2.84. The minimum atomic E-state index is 0.651. The van der Waals surface area contributed by atoms with Gasteiger partial charge in [0.05, 0.1) is 13.2 Å². The van der Waals surface area contributed by atoms with Crippen LogP contribution in [0.5, 0.6) is 0 Å². The third-order valence-electron chi connectivity index (χ3n) is 3.30. The summed E-state index contributed by atoms with van der Waals surface area (Å²) < 4.78 is 11.0. The second kappa shape index (κ2) is 9.86. The number of ether oxygens (including phenoxy) is 2. The van der Waals surface area contributed by atoms with Crippen LogP contribution in [0.2, 0.25) is 0 Å². The molecule has 1 aliphatic rings. The standard InChI is InChI=1S/C14H29NO2/c1-3-8-15-13(2)6-4-5-9-16-11-14-7-10-17-12-14/h13-15H,3-12H2,1-2H3. The van der Waals surface area contributed by atoms with Gasteiger partial charge in [-0.3, -0.25) is 0 Å². The smallest absolute Gasteiger partial charge is 0.0517 e. The van der Waals surface area contributed by atoms with Crippen molar-refractivity contribution < 1.29 is 9.47 Å². The molecule has 102 valence electrons. The molecule has 1 fully saturated rings. The largest absolute Gasteiger partial charge is 0.381 e. The lowest BCUT2D eigenvalue weighted by atomic mass is 10.1. The van der Waals surface area contributed by atoms with Gasteiger partial charge in [-0.2, -0.15) is 0 Å². The van der Waals surface area contributed by atoms with Crippen LogP contribution in [-0.2, 0) is 9.47 Å². The molecule has 0 bridgehead atoms. The summed E-state index contributed by atoms with van der Waals surface area (Å²) in [6.45, 7) is 9.25. The summed E-state index contributed by atoms with van der Waals surface area (Å²) >= 11 is 0. The monoisotopic (exact) mass is 243 g/mol. The Labute approximate surface area is 106 Å². The maximum absolute atomic E-state index is 5.68. The number of hydrogen-bond donors (Lipinski definition) is 1. The molecule has 1 saturated heterocycles. The molecule has 1 heterocycles. The fourth-order valence-corrected chi connectivity index (χ4v) is 2.11. The van der Waals surface area contributed by atoms with Crippen molar-refractivity contribution in [3.05, 3.63) is 0 Å². The molecule has 2 atom stereocenters. The van der Waals surface area contributed by atoms with Gasteiger partial charge in [0.1, 0.15) is 0 Å². The van der Waals surface area contributed by atoms with Crippen LogP contribution in [0.1, 0.15) is 46.0 Å². The minimum Gasteiger partial charge on any atom is -0.381 e. The van der Waals surface area contributed by atoms with Gasteiger partial charge in [0.25, 0.3) is 0 Å². The van der Waals surface area contributed by atoms with Gasteiger partial charge in [0, 0.05) is 25.2 Å². The molecule has 1 rings (SSSR count). The van der Waals surface area contributed by atoms with Crippen LogP contribution >= 0.6 is 0 Å². The molecular weight excluding hydrogens is 214 g/mol. The molecule has 0 aromatic heterocycles. The van der Waals surface area contributed by atoms with Crippen molar-refractivity contribution in [2.45, 2.75) is 52.0 Å². The molecule has 0 radical (unpaired) electrons. The van der Waals surface area contributed by atoms with E-state index in [9.17, 15) is 0 Å². The third kappa shape index (κ3) is 7.74. The third-order valence-corrected chi connectivity index (χ3v) is 3.30. The number of hydrogen-bond acceptors (Lipinski definition) is 3. The Hall–Kier alpha value is -0.120. The van der Waals surface area contributed by atoms with Gasteiger partial charge in [-0.1, -0.05) is 6.92 Å². The number of nitrogens with one attached hydrogen (secondary N) is 1. The van der Waals surface area contributed by atoms with E-state index in [1.165, 1.54) is 32.1 Å². The van der Waals surface area contributed by atoms with Gasteiger partial charge in [-0.25, -0.2) is 0 Å². The molecule has 3 nitrogen and oxygen atoms in total. The molecule has 2 unspecified atom stereocenters. The SMILES string of the molecule is CCCNC(C)CCCCOCC1CCOC1. The summed E-state index contributed by atoms with van der Waals surface area (Å²) in [4.78, 5) is 0. The van der Waals surface area contributed by atoms with Crippen LogP contribution in [0.25, 0.3) is 0 Å². The summed E-state index contributed by atoms with van der Waals surface area (Å²) in [5, 5.41) is 3.51. The molecule has 17 heavy (non-hydrogen) atoms. The van der Waals surface area contributed by atoms with Crippen LogP contribution in [0.4, 0.5) is 0 Å². The van der Waals surface area contributed by atoms with Gasteiger partial charge in [-0.05, 0) is 45.6 Å². The molecule has 0 aromatic carbocycles. The quantitative estimate of drug-likeness (QED) is 0.598. The highest BCUT2D eigenvalue weighted by Crippen LogP contribution is 2.12. The second-order valence-electron chi connectivity index (χ2n) is 5.16. The fraction of sp³-hybridized carbons (Fsp3) is 1.00. The maximum atomic E-state index is 5.68. The van der Waals surface area contributed by atoms with E-state index in [0.29, 0.717) is 12.0 Å². The summed E-state index contributed by atoms with van der Waals surface area (Å²) in [7, 11) is 0. The summed E-state index contributed by atoms with van der Waals surface area (Å²) in [6.07, 6.45) is 6.11. The van der Waals surface area contributed by atoms with Crippen molar-refractivity contribution >= 4 is 0 Å². The first-order chi connectivity index (χ1) is 8.33. The number of unbranched alkanes of at least 4 members (excludes halogenated alkanes) is 1. The predicted molar refractivity (Wildman–Crippen MR) is 71.4 cm³/mol. The zero-order chi connectivity index (χ0) is 12.3. The summed E-state index contributed by atoms with van der Waals surface area (Å²) in [5.41, 5.74) is 0. The van der Waals surface area contributed by atoms with Gasteiger partial charge >= 0.3 is 0 Å². The highest BCUT2D eigenvalue weighted by atomic mass is 16.5. The van der Waals surface area contributed by atoms with Crippen molar-refractivity contribution in [1.29, 1.82) is 0 Å². The zero-order valence-corrected chi connectivity index (χ0v) is 11.5. The molecule has 0 aliphatic carbocycles. The van der Waals surface area contributed by atoms with Gasteiger partial charge < -0.3 is 14.8 Å². The van der Waals surface area contributed by atoms with Crippen molar-refractivity contribution in [3.63, 3.8) is 0 Å². The van der Waals surface area contributed by atoms with E-state index >= 15 is 0 Å². The predicted octanol–water partition coefficient (Wildman–Crippen LogP) is 2.60. The van der Waals surface area contributed by atoms with Gasteiger partial charge in [0.2, 0.25) is 0 Å². The molecule has 3 heteroatoms. The molecule has 0 saturated carbocycles. The van der Waals surface area contributed by atoms with Crippen LogP contribution in [0.15, 0.2) is 0 Å². The second-order valence-corrected chi connectivity index (χ2v) is 5.16. The Bertz CT molecular complexity index is 170. The molecule has 0 aromatic rings. The Kier molecular flexibility index (Phi) is 8.67. The molecular formula is C14H29NO2. The highest BCUT2D eigenvalue weighted by molar-refractivity contribution is 4.63. The highest BCUT2D eigenvalue weighted by Gasteiger charge is 2.15. The summed E-state index contributed by atoms with van der Waals surface area (Å²) in [5.74, 6) is 0.653. The van der Waals surface area contributed by atoms with E-state index in [4.69, 9.17) is 9.47 Å². The first kappa shape index (κ1) is 14.9. The lowest BCUT2D eigenvalue weighted by Gasteiger charge is -2.13. The van der Waals surface area contributed by atoms with E-state index in [1.54, 1.807) is 0 Å². The van der Waals surface area contributed by atoms with Crippen molar-refractivity contribution in [1.82, 2.24) is 5.32 Å². The fourth-order valence-electron chi connectivity index (χ4n) is 2.11. The topological polar surface area (TPSA) is 30.5 Å². The molecule has 0 spiro atoms. The van der Waals surface area contributed by atoms with E-state index in [1.807, 2.05) is 0 Å². The van der Waals surface area contributed by atoms with Crippen LogP contribution < -0.4 is 5.32 Å². The van der Waals surface area contributed by atoms with Crippen LogP contribution in [0, 0.1) is 5.92 Å². The number of rotatable bonds is 10. The zero-order valence-electron chi connectivity index (χ0n) is 11.5. The first-order valence-corrected chi connectivity index (χ1v) is 7.21. The lowest BCUT2D eigenvalue weighted by molar-refractivity contribution is 0.0869. The Morgan fingerprint density at radius 3 is 3.00 bits per heavy atom. The maximum Gasteiger partial charge on any atom is 0.0517 e. The van der Waals surface area contributed by atoms with Crippen LogP contribution in [0.3, 0.4) is 0 Å². The van der Waals surface area contributed by atoms with Crippen molar-refractivity contribution in [2.75, 3.05) is 33.0 Å². The minimum absolute atomic E-state index is 0.651. The normalized spacial score (nSPS) is 21.9. The van der Waals surface area contributed by atoms with Gasteiger partial charge in [-0.15, -0.1) is 0 Å². The van der Waals surface area contributed by atoms with Gasteiger partial charge in [0.15, 0.2) is 0 Å². The van der Waals surface area contributed by atoms with Crippen molar-refractivity contribution in [2.24, 2.45) is 5.92 Å². The van der Waals surface area contributed by atoms with E-state index < -0.39 is 0 Å². The molecule has 1 N–H and O–H groups in total. The van der Waals surface area contributed by atoms with Crippen molar-refractivity contribution in [3.8, 4) is 0 Å². The Balaban J connectivity index is 1.80. The average molecular weight is 243 g/mol. The Morgan fingerprint density at radius 1 is 1.41 bits per heavy atom. The first-order valence-electron chi connectivity index (χ1n) is 7.21. The van der Waals surface area contributed by atoms with E-state index in [-0.39, 0.29) is 0 Å². The van der Waals surface area contributed by atoms with E-state index in [0.717, 1.165) is 33.0 Å². The molecule has 0 amide bonds.